The van der Waals surface area contributed by atoms with Crippen molar-refractivity contribution in [2.45, 2.75) is 32.7 Å². The third-order valence-corrected chi connectivity index (χ3v) is 4.73. The van der Waals surface area contributed by atoms with E-state index in [-0.39, 0.29) is 0 Å². The first-order valence-corrected chi connectivity index (χ1v) is 8.84. The molecule has 21 heavy (non-hydrogen) atoms. The number of rotatable bonds is 10. The SMILES string of the molecule is CC(C)NCCCN(C)S(=O)(=O)NCCc1ccccc1. The van der Waals surface area contributed by atoms with Crippen molar-refractivity contribution in [3.8, 4) is 0 Å². The highest BCUT2D eigenvalue weighted by Gasteiger charge is 2.16. The van der Waals surface area contributed by atoms with Gasteiger partial charge in [-0.05, 0) is 24.9 Å². The fourth-order valence-corrected chi connectivity index (χ4v) is 2.84. The monoisotopic (exact) mass is 313 g/mol. The molecule has 0 heterocycles. The average Bonchev–Trinajstić information content (AvgIpc) is 2.44. The Hall–Kier alpha value is -0.950. The smallest absolute Gasteiger partial charge is 0.279 e. The van der Waals surface area contributed by atoms with Gasteiger partial charge in [0.25, 0.3) is 10.2 Å². The number of hydrogen-bond donors (Lipinski definition) is 2. The molecule has 120 valence electrons. The zero-order valence-corrected chi connectivity index (χ0v) is 14.0. The van der Waals surface area contributed by atoms with E-state index in [9.17, 15) is 8.42 Å². The van der Waals surface area contributed by atoms with Gasteiger partial charge in [-0.2, -0.15) is 12.7 Å². The second-order valence-corrected chi connectivity index (χ2v) is 7.28. The molecule has 0 aromatic heterocycles. The molecule has 0 saturated heterocycles. The van der Waals surface area contributed by atoms with E-state index in [0.29, 0.717) is 25.6 Å². The lowest BCUT2D eigenvalue weighted by Gasteiger charge is -2.18. The van der Waals surface area contributed by atoms with Gasteiger partial charge in [-0.1, -0.05) is 44.2 Å². The van der Waals surface area contributed by atoms with Crippen molar-refractivity contribution in [2.24, 2.45) is 0 Å². The quantitative estimate of drug-likeness (QED) is 0.642. The lowest BCUT2D eigenvalue weighted by atomic mass is 10.2. The van der Waals surface area contributed by atoms with Crippen molar-refractivity contribution >= 4 is 10.2 Å². The van der Waals surface area contributed by atoms with Crippen molar-refractivity contribution in [3.05, 3.63) is 35.9 Å². The summed E-state index contributed by atoms with van der Waals surface area (Å²) in [7, 11) is -1.76. The largest absolute Gasteiger partial charge is 0.314 e. The van der Waals surface area contributed by atoms with E-state index in [4.69, 9.17) is 0 Å². The van der Waals surface area contributed by atoms with E-state index in [2.05, 4.69) is 23.9 Å². The molecule has 0 atom stereocenters. The van der Waals surface area contributed by atoms with Crippen LogP contribution < -0.4 is 10.0 Å². The van der Waals surface area contributed by atoms with Gasteiger partial charge in [-0.25, -0.2) is 4.72 Å². The molecule has 5 nitrogen and oxygen atoms in total. The number of nitrogens with zero attached hydrogens (tertiary/aromatic N) is 1. The number of hydrogen-bond acceptors (Lipinski definition) is 3. The number of nitrogens with one attached hydrogen (secondary N) is 2. The summed E-state index contributed by atoms with van der Waals surface area (Å²) in [6, 6.07) is 10.3. The molecule has 0 aliphatic carbocycles. The molecule has 2 N–H and O–H groups in total. The van der Waals surface area contributed by atoms with Gasteiger partial charge in [-0.3, -0.25) is 0 Å². The summed E-state index contributed by atoms with van der Waals surface area (Å²) in [5, 5.41) is 3.28. The molecule has 0 bridgehead atoms. The summed E-state index contributed by atoms with van der Waals surface area (Å²) >= 11 is 0. The first kappa shape index (κ1) is 18.1. The molecule has 1 aromatic carbocycles. The molecule has 0 saturated carbocycles. The molecule has 0 radical (unpaired) electrons. The van der Waals surface area contributed by atoms with Gasteiger partial charge in [0.1, 0.15) is 0 Å². The molecule has 1 aromatic rings. The predicted molar refractivity (Wildman–Crippen MR) is 87.5 cm³/mol. The summed E-state index contributed by atoms with van der Waals surface area (Å²) in [5.41, 5.74) is 1.13. The van der Waals surface area contributed by atoms with Crippen LogP contribution in [0.25, 0.3) is 0 Å². The second kappa shape index (κ2) is 9.15. The Morgan fingerprint density at radius 3 is 2.43 bits per heavy atom. The van der Waals surface area contributed by atoms with E-state index >= 15 is 0 Å². The van der Waals surface area contributed by atoms with Crippen LogP contribution in [0.3, 0.4) is 0 Å². The van der Waals surface area contributed by atoms with Crippen LogP contribution in [0.5, 0.6) is 0 Å². The Morgan fingerprint density at radius 1 is 1.14 bits per heavy atom. The Bertz CT molecular complexity index is 489. The summed E-state index contributed by atoms with van der Waals surface area (Å²) < 4.78 is 28.1. The third kappa shape index (κ3) is 7.57. The molecule has 6 heteroatoms. The van der Waals surface area contributed by atoms with Crippen LogP contribution in [-0.2, 0) is 16.6 Å². The fourth-order valence-electron chi connectivity index (χ4n) is 1.89. The molecule has 1 rings (SSSR count). The van der Waals surface area contributed by atoms with Crippen LogP contribution >= 0.6 is 0 Å². The maximum absolute atomic E-state index is 12.0. The molecule has 0 spiro atoms. The van der Waals surface area contributed by atoms with Crippen molar-refractivity contribution < 1.29 is 8.42 Å². The van der Waals surface area contributed by atoms with E-state index in [1.165, 1.54) is 4.31 Å². The normalized spacial score (nSPS) is 12.2. The highest BCUT2D eigenvalue weighted by molar-refractivity contribution is 7.87. The number of benzene rings is 1. The van der Waals surface area contributed by atoms with Crippen LogP contribution in [-0.4, -0.2) is 45.4 Å². The maximum atomic E-state index is 12.0. The average molecular weight is 313 g/mol. The second-order valence-electron chi connectivity index (χ2n) is 5.42. The van der Waals surface area contributed by atoms with Crippen molar-refractivity contribution in [2.75, 3.05) is 26.7 Å². The van der Waals surface area contributed by atoms with Gasteiger partial charge < -0.3 is 5.32 Å². The summed E-state index contributed by atoms with van der Waals surface area (Å²) in [5.74, 6) is 0. The van der Waals surface area contributed by atoms with E-state index in [1.54, 1.807) is 7.05 Å². The van der Waals surface area contributed by atoms with E-state index < -0.39 is 10.2 Å². The summed E-state index contributed by atoms with van der Waals surface area (Å²) in [4.78, 5) is 0. The molecule has 0 aliphatic rings. The van der Waals surface area contributed by atoms with Crippen LogP contribution in [0, 0.1) is 0 Å². The zero-order valence-electron chi connectivity index (χ0n) is 13.2. The highest BCUT2D eigenvalue weighted by Crippen LogP contribution is 2.00. The minimum Gasteiger partial charge on any atom is -0.314 e. The topological polar surface area (TPSA) is 61.4 Å². The Morgan fingerprint density at radius 2 is 1.81 bits per heavy atom. The maximum Gasteiger partial charge on any atom is 0.279 e. The van der Waals surface area contributed by atoms with Gasteiger partial charge in [0.15, 0.2) is 0 Å². The van der Waals surface area contributed by atoms with Crippen molar-refractivity contribution in [1.29, 1.82) is 0 Å². The standard InChI is InChI=1S/C15H27N3O2S/c1-14(2)16-11-7-13-18(3)21(19,20)17-12-10-15-8-5-4-6-9-15/h4-6,8-9,14,16-17H,7,10-13H2,1-3H3. The molecular weight excluding hydrogens is 286 g/mol. The van der Waals surface area contributed by atoms with Gasteiger partial charge in [0.05, 0.1) is 0 Å². The molecule has 0 amide bonds. The van der Waals surface area contributed by atoms with E-state index in [0.717, 1.165) is 18.5 Å². The van der Waals surface area contributed by atoms with Crippen LogP contribution in [0.4, 0.5) is 0 Å². The van der Waals surface area contributed by atoms with Gasteiger partial charge in [0.2, 0.25) is 0 Å². The van der Waals surface area contributed by atoms with Crippen LogP contribution in [0.15, 0.2) is 30.3 Å². The van der Waals surface area contributed by atoms with Gasteiger partial charge >= 0.3 is 0 Å². The third-order valence-electron chi connectivity index (χ3n) is 3.15. The highest BCUT2D eigenvalue weighted by atomic mass is 32.2. The van der Waals surface area contributed by atoms with Crippen molar-refractivity contribution in [3.63, 3.8) is 0 Å². The van der Waals surface area contributed by atoms with Gasteiger partial charge in [0, 0.05) is 26.2 Å². The summed E-state index contributed by atoms with van der Waals surface area (Å²) in [6.45, 7) is 5.90. The minimum absolute atomic E-state index is 0.418. The Balaban J connectivity index is 2.28. The lowest BCUT2D eigenvalue weighted by molar-refractivity contribution is 0.439. The molecule has 0 fully saturated rings. The Labute approximate surface area is 128 Å². The first-order valence-electron chi connectivity index (χ1n) is 7.40. The van der Waals surface area contributed by atoms with E-state index in [1.807, 2.05) is 30.3 Å². The zero-order chi connectivity index (χ0) is 15.7. The molecule has 0 unspecified atom stereocenters. The predicted octanol–water partition coefficient (Wildman–Crippen LogP) is 1.38. The first-order chi connectivity index (χ1) is 9.92. The van der Waals surface area contributed by atoms with Gasteiger partial charge in [-0.15, -0.1) is 0 Å². The lowest BCUT2D eigenvalue weighted by Crippen LogP contribution is -2.40. The van der Waals surface area contributed by atoms with Crippen LogP contribution in [0.2, 0.25) is 0 Å². The fraction of sp³-hybridized carbons (Fsp3) is 0.600. The molecule has 0 aliphatic heterocycles. The summed E-state index contributed by atoms with van der Waals surface area (Å²) in [6.07, 6.45) is 1.50. The minimum atomic E-state index is -3.38. The molecular formula is C15H27N3O2S. The van der Waals surface area contributed by atoms with Crippen molar-refractivity contribution in [1.82, 2.24) is 14.3 Å². The Kier molecular flexibility index (Phi) is 7.88. The van der Waals surface area contributed by atoms with Crippen LogP contribution in [0.1, 0.15) is 25.8 Å².